The molecule has 3 N–H and O–H groups in total. The van der Waals surface area contributed by atoms with E-state index in [0.717, 1.165) is 0 Å². The van der Waals surface area contributed by atoms with Gasteiger partial charge in [-0.1, -0.05) is 6.07 Å². The maximum Gasteiger partial charge on any atom is 0.338 e. The minimum absolute atomic E-state index is 0.0468. The molecule has 0 saturated carbocycles. The SMILES string of the molecule is O=C(O)c1cccc([N+](=O)[O-])c1NCCO. The second kappa shape index (κ2) is 5.08. The summed E-state index contributed by atoms with van der Waals surface area (Å²) in [6.45, 7) is -0.198. The van der Waals surface area contributed by atoms with Gasteiger partial charge in [-0.25, -0.2) is 4.79 Å². The zero-order valence-electron chi connectivity index (χ0n) is 8.21. The molecule has 0 atom stereocenters. The zero-order chi connectivity index (χ0) is 12.1. The van der Waals surface area contributed by atoms with E-state index in [2.05, 4.69) is 5.32 Å². The van der Waals surface area contributed by atoms with Gasteiger partial charge in [0.25, 0.3) is 5.69 Å². The van der Waals surface area contributed by atoms with Gasteiger partial charge in [-0.15, -0.1) is 0 Å². The molecule has 86 valence electrons. The first-order chi connectivity index (χ1) is 7.57. The van der Waals surface area contributed by atoms with Crippen LogP contribution in [0.4, 0.5) is 11.4 Å². The van der Waals surface area contributed by atoms with Crippen LogP contribution in [0.3, 0.4) is 0 Å². The first-order valence-corrected chi connectivity index (χ1v) is 4.43. The number of hydrogen-bond acceptors (Lipinski definition) is 5. The Morgan fingerprint density at radius 1 is 1.50 bits per heavy atom. The lowest BCUT2D eigenvalue weighted by molar-refractivity contribution is -0.384. The summed E-state index contributed by atoms with van der Waals surface area (Å²) in [6.07, 6.45) is 0. The quantitative estimate of drug-likeness (QED) is 0.503. The van der Waals surface area contributed by atoms with E-state index in [1.165, 1.54) is 18.2 Å². The van der Waals surface area contributed by atoms with Crippen LogP contribution in [-0.4, -0.2) is 34.3 Å². The van der Waals surface area contributed by atoms with Crippen molar-refractivity contribution in [3.05, 3.63) is 33.9 Å². The van der Waals surface area contributed by atoms with Crippen molar-refractivity contribution < 1.29 is 19.9 Å². The Morgan fingerprint density at radius 3 is 2.69 bits per heavy atom. The molecule has 1 rings (SSSR count). The molecular formula is C9H10N2O5. The smallest absolute Gasteiger partial charge is 0.338 e. The molecule has 7 heteroatoms. The molecule has 0 aliphatic heterocycles. The third-order valence-electron chi connectivity index (χ3n) is 1.88. The second-order valence-electron chi connectivity index (χ2n) is 2.91. The van der Waals surface area contributed by atoms with Gasteiger partial charge in [-0.05, 0) is 6.07 Å². The Kier molecular flexibility index (Phi) is 3.78. The predicted octanol–water partition coefficient (Wildman–Crippen LogP) is 0.697. The molecule has 7 nitrogen and oxygen atoms in total. The third kappa shape index (κ3) is 2.45. The fourth-order valence-electron chi connectivity index (χ4n) is 1.24. The molecule has 1 aromatic rings. The number of rotatable bonds is 5. The van der Waals surface area contributed by atoms with Crippen molar-refractivity contribution in [2.45, 2.75) is 0 Å². The molecule has 0 aromatic heterocycles. The van der Waals surface area contributed by atoms with Gasteiger partial charge in [0, 0.05) is 12.6 Å². The Labute approximate surface area is 90.5 Å². The van der Waals surface area contributed by atoms with E-state index in [-0.39, 0.29) is 30.1 Å². The summed E-state index contributed by atoms with van der Waals surface area (Å²) >= 11 is 0. The number of nitro benzene ring substituents is 1. The number of nitrogens with zero attached hydrogens (tertiary/aromatic N) is 1. The molecule has 0 bridgehead atoms. The molecular weight excluding hydrogens is 216 g/mol. The number of aromatic carboxylic acids is 1. The zero-order valence-corrected chi connectivity index (χ0v) is 8.21. The minimum Gasteiger partial charge on any atom is -0.478 e. The number of aliphatic hydroxyl groups excluding tert-OH is 1. The van der Waals surface area contributed by atoms with Crippen molar-refractivity contribution in [2.24, 2.45) is 0 Å². The summed E-state index contributed by atoms with van der Waals surface area (Å²) < 4.78 is 0. The summed E-state index contributed by atoms with van der Waals surface area (Å²) in [6, 6.07) is 3.76. The second-order valence-corrected chi connectivity index (χ2v) is 2.91. The van der Waals surface area contributed by atoms with E-state index >= 15 is 0 Å². The van der Waals surface area contributed by atoms with E-state index in [4.69, 9.17) is 10.2 Å². The van der Waals surface area contributed by atoms with Crippen molar-refractivity contribution in [3.8, 4) is 0 Å². The van der Waals surface area contributed by atoms with Crippen LogP contribution in [0.15, 0.2) is 18.2 Å². The molecule has 0 aliphatic rings. The van der Waals surface area contributed by atoms with Gasteiger partial charge in [0.15, 0.2) is 0 Å². The first kappa shape index (κ1) is 11.9. The maximum absolute atomic E-state index is 10.8. The van der Waals surface area contributed by atoms with Gasteiger partial charge in [0.05, 0.1) is 17.1 Å². The van der Waals surface area contributed by atoms with Crippen LogP contribution in [0.25, 0.3) is 0 Å². The number of nitrogens with one attached hydrogen (secondary N) is 1. The summed E-state index contributed by atoms with van der Waals surface area (Å²) in [7, 11) is 0. The predicted molar refractivity (Wildman–Crippen MR) is 55.6 cm³/mol. The van der Waals surface area contributed by atoms with E-state index in [1.54, 1.807) is 0 Å². The lowest BCUT2D eigenvalue weighted by Gasteiger charge is -2.08. The molecule has 0 radical (unpaired) electrons. The molecule has 0 heterocycles. The molecule has 0 spiro atoms. The molecule has 0 fully saturated rings. The van der Waals surface area contributed by atoms with Gasteiger partial charge in [-0.3, -0.25) is 10.1 Å². The molecule has 1 aromatic carbocycles. The number of para-hydroxylation sites is 1. The fourth-order valence-corrected chi connectivity index (χ4v) is 1.24. The Balaban J connectivity index is 3.23. The van der Waals surface area contributed by atoms with Crippen LogP contribution >= 0.6 is 0 Å². The summed E-state index contributed by atoms with van der Waals surface area (Å²) in [4.78, 5) is 20.8. The molecule has 0 amide bonds. The van der Waals surface area contributed by atoms with Crippen molar-refractivity contribution in [2.75, 3.05) is 18.5 Å². The number of benzene rings is 1. The minimum atomic E-state index is -1.26. The standard InChI is InChI=1S/C9H10N2O5/c12-5-4-10-8-6(9(13)14)2-1-3-7(8)11(15)16/h1-3,10,12H,4-5H2,(H,13,14). The highest BCUT2D eigenvalue weighted by Crippen LogP contribution is 2.27. The van der Waals surface area contributed by atoms with Crippen LogP contribution in [0, 0.1) is 10.1 Å². The van der Waals surface area contributed by atoms with Crippen molar-refractivity contribution >= 4 is 17.3 Å². The van der Waals surface area contributed by atoms with Crippen molar-refractivity contribution in [1.29, 1.82) is 0 Å². The van der Waals surface area contributed by atoms with Gasteiger partial charge < -0.3 is 15.5 Å². The monoisotopic (exact) mass is 226 g/mol. The number of anilines is 1. The normalized spacial score (nSPS) is 9.81. The summed E-state index contributed by atoms with van der Waals surface area (Å²) in [5, 5.41) is 30.6. The van der Waals surface area contributed by atoms with Gasteiger partial charge >= 0.3 is 5.97 Å². The molecule has 0 saturated heterocycles. The number of hydrogen-bond donors (Lipinski definition) is 3. The lowest BCUT2D eigenvalue weighted by atomic mass is 10.1. The molecule has 0 aliphatic carbocycles. The average Bonchev–Trinajstić information content (AvgIpc) is 2.25. The van der Waals surface area contributed by atoms with Crippen LogP contribution in [0.5, 0.6) is 0 Å². The third-order valence-corrected chi connectivity index (χ3v) is 1.88. The van der Waals surface area contributed by atoms with E-state index < -0.39 is 10.9 Å². The van der Waals surface area contributed by atoms with Crippen LogP contribution in [-0.2, 0) is 0 Å². The van der Waals surface area contributed by atoms with Gasteiger partial charge in [-0.2, -0.15) is 0 Å². The van der Waals surface area contributed by atoms with Gasteiger partial charge in [0.2, 0.25) is 0 Å². The van der Waals surface area contributed by atoms with E-state index in [0.29, 0.717) is 0 Å². The number of nitro groups is 1. The van der Waals surface area contributed by atoms with Crippen molar-refractivity contribution in [3.63, 3.8) is 0 Å². The van der Waals surface area contributed by atoms with Gasteiger partial charge in [0.1, 0.15) is 5.69 Å². The van der Waals surface area contributed by atoms with Crippen LogP contribution in [0.2, 0.25) is 0 Å². The number of carboxylic acids is 1. The Morgan fingerprint density at radius 2 is 2.19 bits per heavy atom. The summed E-state index contributed by atoms with van der Waals surface area (Å²) in [5.74, 6) is -1.26. The summed E-state index contributed by atoms with van der Waals surface area (Å²) in [5.41, 5.74) is -0.606. The Bertz CT molecular complexity index is 386. The first-order valence-electron chi connectivity index (χ1n) is 4.43. The van der Waals surface area contributed by atoms with E-state index in [9.17, 15) is 14.9 Å². The van der Waals surface area contributed by atoms with Crippen LogP contribution < -0.4 is 5.32 Å². The maximum atomic E-state index is 10.8. The highest BCUT2D eigenvalue weighted by Gasteiger charge is 2.20. The molecule has 0 unspecified atom stereocenters. The number of carbonyl (C=O) groups is 1. The van der Waals surface area contributed by atoms with E-state index in [1.807, 2.05) is 0 Å². The van der Waals surface area contributed by atoms with Crippen LogP contribution in [0.1, 0.15) is 10.4 Å². The van der Waals surface area contributed by atoms with Crippen molar-refractivity contribution in [1.82, 2.24) is 0 Å². The Hall–Kier alpha value is -2.15. The molecule has 16 heavy (non-hydrogen) atoms. The largest absolute Gasteiger partial charge is 0.478 e. The average molecular weight is 226 g/mol. The lowest BCUT2D eigenvalue weighted by Crippen LogP contribution is -2.12. The topological polar surface area (TPSA) is 113 Å². The fraction of sp³-hybridized carbons (Fsp3) is 0.222. The number of carboxylic acid groups (broad SMARTS) is 1. The highest BCUT2D eigenvalue weighted by atomic mass is 16.6. The highest BCUT2D eigenvalue weighted by molar-refractivity contribution is 5.96. The number of aliphatic hydroxyl groups is 1.